The molecule has 0 spiro atoms. The molecule has 43 heavy (non-hydrogen) atoms. The number of fused-ring (bicyclic) bond motifs is 1. The molecular weight excluding hydrogens is 556 g/mol. The molecule has 11 heteroatoms. The molecule has 9 nitrogen and oxygen atoms in total. The lowest BCUT2D eigenvalue weighted by molar-refractivity contribution is -0.177. The highest BCUT2D eigenvalue weighted by Gasteiger charge is 2.63. The van der Waals surface area contributed by atoms with Crippen LogP contribution in [0.5, 0.6) is 5.75 Å². The van der Waals surface area contributed by atoms with E-state index in [2.05, 4.69) is 20.3 Å². The molecule has 0 bridgehead atoms. The van der Waals surface area contributed by atoms with Crippen molar-refractivity contribution in [2.45, 2.75) is 49.7 Å². The van der Waals surface area contributed by atoms with Crippen LogP contribution in [0.15, 0.2) is 96.1 Å². The molecule has 5 aromatic rings. The summed E-state index contributed by atoms with van der Waals surface area (Å²) in [4.78, 5) is 24.9. The third kappa shape index (κ3) is 4.56. The lowest BCUT2D eigenvalue weighted by Crippen LogP contribution is -2.44. The summed E-state index contributed by atoms with van der Waals surface area (Å²) in [6, 6.07) is 26.8. The van der Waals surface area contributed by atoms with Gasteiger partial charge in [0.05, 0.1) is 13.4 Å². The third-order valence-corrected chi connectivity index (χ3v) is 8.11. The molecular formula is C32H31F2N5O4. The monoisotopic (exact) mass is 587 g/mol. The smallest absolute Gasteiger partial charge is 0.280 e. The van der Waals surface area contributed by atoms with E-state index in [1.807, 2.05) is 84.9 Å². The van der Waals surface area contributed by atoms with Gasteiger partial charge in [-0.15, -0.1) is 0 Å². The van der Waals surface area contributed by atoms with E-state index < -0.39 is 35.0 Å². The van der Waals surface area contributed by atoms with Gasteiger partial charge in [-0.3, -0.25) is 14.3 Å². The predicted molar refractivity (Wildman–Crippen MR) is 157 cm³/mol. The number of rotatable bonds is 8. The van der Waals surface area contributed by atoms with Crippen molar-refractivity contribution < 1.29 is 23.4 Å². The van der Waals surface area contributed by atoms with Crippen LogP contribution in [0, 0.1) is 0 Å². The quantitative estimate of drug-likeness (QED) is 0.213. The fraction of sp³-hybridized carbons (Fsp3) is 0.281. The summed E-state index contributed by atoms with van der Waals surface area (Å²) in [7, 11) is 1.59. The van der Waals surface area contributed by atoms with Gasteiger partial charge in [0.25, 0.3) is 5.56 Å². The first-order chi connectivity index (χ1) is 20.6. The molecule has 1 aliphatic rings. The Morgan fingerprint density at radius 2 is 1.63 bits per heavy atom. The Kier molecular flexibility index (Phi) is 7.02. The summed E-state index contributed by atoms with van der Waals surface area (Å²) in [6.45, 7) is 2.57. The molecule has 6 rings (SSSR count). The van der Waals surface area contributed by atoms with Gasteiger partial charge in [0, 0.05) is 6.42 Å². The molecule has 3 aromatic carbocycles. The second-order valence-corrected chi connectivity index (χ2v) is 10.8. The van der Waals surface area contributed by atoms with E-state index in [0.29, 0.717) is 5.75 Å². The zero-order valence-electron chi connectivity index (χ0n) is 23.8. The fourth-order valence-corrected chi connectivity index (χ4v) is 5.80. The molecule has 0 amide bonds. The van der Waals surface area contributed by atoms with Crippen LogP contribution in [-0.2, 0) is 10.3 Å². The molecule has 1 fully saturated rings. The van der Waals surface area contributed by atoms with Gasteiger partial charge in [0.1, 0.15) is 16.9 Å². The molecule has 4 atom stereocenters. The zero-order chi connectivity index (χ0) is 30.4. The first kappa shape index (κ1) is 28.5. The normalized spacial score (nSPS) is 23.9. The Hall–Kier alpha value is -4.61. The number of benzene rings is 3. The average Bonchev–Trinajstić information content (AvgIpc) is 3.53. The van der Waals surface area contributed by atoms with Crippen molar-refractivity contribution in [1.82, 2.24) is 19.5 Å². The van der Waals surface area contributed by atoms with Crippen LogP contribution in [0.4, 0.5) is 14.7 Å². The maximum atomic E-state index is 15.3. The van der Waals surface area contributed by atoms with Gasteiger partial charge in [-0.2, -0.15) is 4.98 Å². The lowest BCUT2D eigenvalue weighted by atomic mass is 9.77. The highest BCUT2D eigenvalue weighted by Crippen LogP contribution is 2.49. The molecule has 0 saturated carbocycles. The topological polar surface area (TPSA) is 114 Å². The number of ether oxygens (including phenoxy) is 2. The summed E-state index contributed by atoms with van der Waals surface area (Å²) in [6.07, 6.45) is -3.01. The second-order valence-electron chi connectivity index (χ2n) is 10.8. The summed E-state index contributed by atoms with van der Waals surface area (Å²) in [5, 5.41) is 14.5. The number of alkyl halides is 2. The average molecular weight is 588 g/mol. The lowest BCUT2D eigenvalue weighted by Gasteiger charge is -2.37. The van der Waals surface area contributed by atoms with Crippen LogP contribution in [0.1, 0.15) is 43.2 Å². The maximum absolute atomic E-state index is 15.3. The molecule has 3 N–H and O–H groups in total. The number of nitrogens with one attached hydrogen (secondary N) is 2. The Balaban J connectivity index is 1.55. The number of H-pyrrole nitrogens is 1. The van der Waals surface area contributed by atoms with E-state index in [1.165, 1.54) is 17.8 Å². The van der Waals surface area contributed by atoms with Crippen LogP contribution in [0.2, 0.25) is 0 Å². The van der Waals surface area contributed by atoms with Crippen molar-refractivity contribution >= 4 is 17.1 Å². The van der Waals surface area contributed by atoms with E-state index in [0.717, 1.165) is 23.6 Å². The molecule has 0 aliphatic carbocycles. The third-order valence-electron chi connectivity index (χ3n) is 8.11. The summed E-state index contributed by atoms with van der Waals surface area (Å²) < 4.78 is 42.4. The van der Waals surface area contributed by atoms with Crippen molar-refractivity contribution in [2.24, 2.45) is 0 Å². The number of anilines is 1. The van der Waals surface area contributed by atoms with Gasteiger partial charge in [-0.05, 0) is 35.7 Å². The van der Waals surface area contributed by atoms with Crippen molar-refractivity contribution in [3.8, 4) is 5.75 Å². The summed E-state index contributed by atoms with van der Waals surface area (Å²) in [5.41, 5.74) is -1.53. The maximum Gasteiger partial charge on any atom is 0.280 e. The van der Waals surface area contributed by atoms with E-state index in [-0.39, 0.29) is 23.5 Å². The molecule has 1 saturated heterocycles. The summed E-state index contributed by atoms with van der Waals surface area (Å²) >= 11 is 0. The number of aliphatic hydroxyl groups is 1. The number of aromatic amines is 1. The minimum atomic E-state index is -2.73. The predicted octanol–water partition coefficient (Wildman–Crippen LogP) is 5.23. The van der Waals surface area contributed by atoms with Gasteiger partial charge >= 0.3 is 0 Å². The molecule has 3 heterocycles. The van der Waals surface area contributed by atoms with Gasteiger partial charge in [-0.25, -0.2) is 13.8 Å². The molecule has 222 valence electrons. The van der Waals surface area contributed by atoms with Crippen LogP contribution < -0.4 is 15.6 Å². The number of imidazole rings is 1. The van der Waals surface area contributed by atoms with E-state index in [1.54, 1.807) is 7.11 Å². The van der Waals surface area contributed by atoms with Gasteiger partial charge in [0.2, 0.25) is 11.8 Å². The van der Waals surface area contributed by atoms with Crippen molar-refractivity contribution in [2.75, 3.05) is 12.4 Å². The van der Waals surface area contributed by atoms with Gasteiger partial charge < -0.3 is 19.9 Å². The molecule has 0 unspecified atom stereocenters. The van der Waals surface area contributed by atoms with Gasteiger partial charge in [-0.1, -0.05) is 79.7 Å². The van der Waals surface area contributed by atoms with Crippen molar-refractivity contribution in [1.29, 1.82) is 0 Å². The van der Waals surface area contributed by atoms with Crippen molar-refractivity contribution in [3.05, 3.63) is 118 Å². The SMILES string of the molecule is CC[C@@]1(F)O[C@@H](n2cnc3c(=O)[nH]c(NC(c4ccccc4)(c4ccccc4)c4ccc(OC)cc4)nc32)[C@](C)(O)[C@@H]1F. The minimum Gasteiger partial charge on any atom is -0.497 e. The number of hydrogen-bond donors (Lipinski definition) is 3. The molecule has 1 aliphatic heterocycles. The first-order valence-electron chi connectivity index (χ1n) is 13.9. The van der Waals surface area contributed by atoms with Crippen LogP contribution in [0.3, 0.4) is 0 Å². The molecule has 2 aromatic heterocycles. The number of hydrogen-bond acceptors (Lipinski definition) is 7. The van der Waals surface area contributed by atoms with E-state index in [4.69, 9.17) is 9.47 Å². The highest BCUT2D eigenvalue weighted by molar-refractivity contribution is 5.72. The van der Waals surface area contributed by atoms with Crippen LogP contribution in [0.25, 0.3) is 11.2 Å². The first-order valence-corrected chi connectivity index (χ1v) is 13.9. The number of nitrogens with zero attached hydrogens (tertiary/aromatic N) is 3. The largest absolute Gasteiger partial charge is 0.497 e. The van der Waals surface area contributed by atoms with Crippen LogP contribution in [-0.4, -0.2) is 49.4 Å². The Morgan fingerprint density at radius 1 is 1.05 bits per heavy atom. The van der Waals surface area contributed by atoms with E-state index >= 15 is 8.78 Å². The number of aromatic nitrogens is 4. The standard InChI is InChI=1S/C32H31F2N5O4/c1-4-31(34)27(33)30(2,41)28(43-31)39-19-35-24-25(39)36-29(37-26(24)40)38-32(20-11-7-5-8-12-20,21-13-9-6-10-14-21)22-15-17-23(42-3)18-16-22/h5-19,27-28,41H,4H2,1-3H3,(H2,36,37,38,40)/t27-,28+,30+,31+/m0/s1. The number of methoxy groups -OCH3 is 1. The number of halogens is 2. The molecule has 0 radical (unpaired) electrons. The Bertz CT molecular complexity index is 1750. The summed E-state index contributed by atoms with van der Waals surface area (Å²) in [5.74, 6) is -2.00. The van der Waals surface area contributed by atoms with Crippen LogP contribution >= 0.6 is 0 Å². The van der Waals surface area contributed by atoms with Crippen molar-refractivity contribution in [3.63, 3.8) is 0 Å². The minimum absolute atomic E-state index is 0.0196. The Labute approximate surface area is 246 Å². The van der Waals surface area contributed by atoms with E-state index in [9.17, 15) is 9.90 Å². The highest BCUT2D eigenvalue weighted by atomic mass is 19.2. The Morgan fingerprint density at radius 3 is 2.16 bits per heavy atom. The van der Waals surface area contributed by atoms with Gasteiger partial charge in [0.15, 0.2) is 23.6 Å². The second kappa shape index (κ2) is 10.6. The fourth-order valence-electron chi connectivity index (χ4n) is 5.80. The zero-order valence-corrected chi connectivity index (χ0v) is 23.8.